The quantitative estimate of drug-likeness (QED) is 0.853. The zero-order valence-electron chi connectivity index (χ0n) is 12.4. The predicted molar refractivity (Wildman–Crippen MR) is 79.4 cm³/mol. The molecular formula is C15H19N5O. The minimum atomic E-state index is 0.104. The summed E-state index contributed by atoms with van der Waals surface area (Å²) in [7, 11) is 0. The Morgan fingerprint density at radius 2 is 2.05 bits per heavy atom. The molecule has 0 bridgehead atoms. The van der Waals surface area contributed by atoms with Gasteiger partial charge in [0, 0.05) is 37.1 Å². The van der Waals surface area contributed by atoms with E-state index in [0.29, 0.717) is 6.01 Å². The maximum atomic E-state index is 5.83. The number of hydrogen-bond acceptors (Lipinski definition) is 6. The normalized spacial score (nSPS) is 18.0. The van der Waals surface area contributed by atoms with E-state index in [1.807, 2.05) is 13.0 Å². The van der Waals surface area contributed by atoms with Crippen LogP contribution in [0.1, 0.15) is 24.6 Å². The van der Waals surface area contributed by atoms with Crippen molar-refractivity contribution in [2.45, 2.75) is 32.8 Å². The molecule has 1 saturated heterocycles. The number of rotatable bonds is 4. The Labute approximate surface area is 124 Å². The highest BCUT2D eigenvalue weighted by molar-refractivity contribution is 5.40. The van der Waals surface area contributed by atoms with E-state index in [-0.39, 0.29) is 6.10 Å². The minimum absolute atomic E-state index is 0.104. The van der Waals surface area contributed by atoms with Crippen LogP contribution in [0, 0.1) is 6.92 Å². The Kier molecular flexibility index (Phi) is 3.94. The van der Waals surface area contributed by atoms with Crippen molar-refractivity contribution in [2.24, 2.45) is 0 Å². The van der Waals surface area contributed by atoms with Gasteiger partial charge in [0.2, 0.25) is 0 Å². The van der Waals surface area contributed by atoms with Crippen molar-refractivity contribution < 1.29 is 4.74 Å². The molecule has 0 aromatic carbocycles. The van der Waals surface area contributed by atoms with Gasteiger partial charge in [-0.1, -0.05) is 6.92 Å². The van der Waals surface area contributed by atoms with Crippen LogP contribution in [0.25, 0.3) is 0 Å². The van der Waals surface area contributed by atoms with Crippen molar-refractivity contribution in [3.8, 4) is 6.01 Å². The monoisotopic (exact) mass is 285 g/mol. The Morgan fingerprint density at radius 1 is 1.24 bits per heavy atom. The van der Waals surface area contributed by atoms with Crippen LogP contribution in [0.15, 0.2) is 24.8 Å². The third-order valence-electron chi connectivity index (χ3n) is 3.57. The Hall–Kier alpha value is -2.24. The van der Waals surface area contributed by atoms with Gasteiger partial charge in [-0.2, -0.15) is 0 Å². The highest BCUT2D eigenvalue weighted by Crippen LogP contribution is 2.20. The molecule has 6 nitrogen and oxygen atoms in total. The third-order valence-corrected chi connectivity index (χ3v) is 3.57. The number of ether oxygens (including phenoxy) is 1. The number of hydrogen-bond donors (Lipinski definition) is 0. The number of anilines is 1. The summed E-state index contributed by atoms with van der Waals surface area (Å²) in [6.45, 7) is 5.78. The van der Waals surface area contributed by atoms with E-state index < -0.39 is 0 Å². The first-order valence-corrected chi connectivity index (χ1v) is 7.25. The van der Waals surface area contributed by atoms with Gasteiger partial charge in [-0.3, -0.25) is 0 Å². The predicted octanol–water partition coefficient (Wildman–Crippen LogP) is 1.80. The lowest BCUT2D eigenvalue weighted by Crippen LogP contribution is -2.25. The topological polar surface area (TPSA) is 64.0 Å². The molecule has 0 saturated carbocycles. The van der Waals surface area contributed by atoms with Crippen LogP contribution >= 0.6 is 0 Å². The molecule has 6 heteroatoms. The van der Waals surface area contributed by atoms with Gasteiger partial charge in [0.25, 0.3) is 0 Å². The molecule has 0 spiro atoms. The molecule has 3 heterocycles. The van der Waals surface area contributed by atoms with Gasteiger partial charge in [0.1, 0.15) is 18.2 Å². The lowest BCUT2D eigenvalue weighted by molar-refractivity contribution is 0.206. The maximum absolute atomic E-state index is 5.83. The van der Waals surface area contributed by atoms with Crippen molar-refractivity contribution in [1.82, 2.24) is 19.9 Å². The van der Waals surface area contributed by atoms with Crippen LogP contribution in [0.4, 0.5) is 5.82 Å². The first kappa shape index (κ1) is 13.7. The molecule has 21 heavy (non-hydrogen) atoms. The lowest BCUT2D eigenvalue weighted by Gasteiger charge is -2.17. The Bertz CT molecular complexity index is 601. The van der Waals surface area contributed by atoms with E-state index in [1.54, 1.807) is 18.7 Å². The van der Waals surface area contributed by atoms with E-state index in [9.17, 15) is 0 Å². The summed E-state index contributed by atoms with van der Waals surface area (Å²) in [4.78, 5) is 19.2. The fourth-order valence-corrected chi connectivity index (χ4v) is 2.38. The standard InChI is InChI=1S/C15H19N5O/c1-3-12-6-14(19-10-18-12)20-5-4-13(9-20)21-15-16-7-11(2)8-17-15/h6-8,10,13H,3-5,9H2,1-2H3. The third kappa shape index (κ3) is 3.26. The number of nitrogens with zero attached hydrogens (tertiary/aromatic N) is 5. The van der Waals surface area contributed by atoms with Crippen molar-refractivity contribution in [3.05, 3.63) is 36.0 Å². The first-order chi connectivity index (χ1) is 10.2. The summed E-state index contributed by atoms with van der Waals surface area (Å²) in [5.74, 6) is 0.970. The molecule has 1 atom stereocenters. The van der Waals surface area contributed by atoms with E-state index in [4.69, 9.17) is 4.74 Å². The fraction of sp³-hybridized carbons (Fsp3) is 0.467. The van der Waals surface area contributed by atoms with Crippen LogP contribution in [-0.4, -0.2) is 39.1 Å². The molecule has 1 fully saturated rings. The molecule has 0 N–H and O–H groups in total. The molecule has 110 valence electrons. The van der Waals surface area contributed by atoms with Crippen molar-refractivity contribution in [2.75, 3.05) is 18.0 Å². The summed E-state index contributed by atoms with van der Waals surface area (Å²) >= 11 is 0. The molecule has 2 aromatic rings. The number of aryl methyl sites for hydroxylation is 2. The first-order valence-electron chi connectivity index (χ1n) is 7.25. The molecule has 0 aliphatic carbocycles. The van der Waals surface area contributed by atoms with Gasteiger partial charge in [-0.05, 0) is 18.9 Å². The average Bonchev–Trinajstić information content (AvgIpc) is 2.98. The van der Waals surface area contributed by atoms with E-state index in [1.165, 1.54) is 0 Å². The van der Waals surface area contributed by atoms with E-state index in [2.05, 4.69) is 31.8 Å². The van der Waals surface area contributed by atoms with Crippen molar-refractivity contribution >= 4 is 5.82 Å². The second-order valence-electron chi connectivity index (χ2n) is 5.24. The number of aromatic nitrogens is 4. The second-order valence-corrected chi connectivity index (χ2v) is 5.24. The second kappa shape index (κ2) is 6.03. The molecule has 1 aliphatic rings. The van der Waals surface area contributed by atoms with Gasteiger partial charge >= 0.3 is 6.01 Å². The smallest absolute Gasteiger partial charge is 0.316 e. The van der Waals surface area contributed by atoms with E-state index in [0.717, 1.165) is 43.0 Å². The van der Waals surface area contributed by atoms with Crippen LogP contribution in [0.5, 0.6) is 6.01 Å². The summed E-state index contributed by atoms with van der Waals surface area (Å²) in [5, 5.41) is 0. The molecule has 0 radical (unpaired) electrons. The maximum Gasteiger partial charge on any atom is 0.316 e. The highest BCUT2D eigenvalue weighted by Gasteiger charge is 2.25. The molecular weight excluding hydrogens is 266 g/mol. The highest BCUT2D eigenvalue weighted by atomic mass is 16.5. The van der Waals surface area contributed by atoms with Gasteiger partial charge in [0.15, 0.2) is 0 Å². The van der Waals surface area contributed by atoms with Crippen molar-refractivity contribution in [3.63, 3.8) is 0 Å². The summed E-state index contributed by atoms with van der Waals surface area (Å²) in [6, 6.07) is 2.49. The van der Waals surface area contributed by atoms with Gasteiger partial charge in [-0.25, -0.2) is 19.9 Å². The zero-order chi connectivity index (χ0) is 14.7. The van der Waals surface area contributed by atoms with Crippen LogP contribution in [0.3, 0.4) is 0 Å². The average molecular weight is 285 g/mol. The molecule has 1 unspecified atom stereocenters. The van der Waals surface area contributed by atoms with Crippen LogP contribution < -0.4 is 9.64 Å². The largest absolute Gasteiger partial charge is 0.458 e. The summed E-state index contributed by atoms with van der Waals surface area (Å²) in [6.07, 6.45) is 7.14. The minimum Gasteiger partial charge on any atom is -0.458 e. The fourth-order valence-electron chi connectivity index (χ4n) is 2.38. The Morgan fingerprint density at radius 3 is 2.81 bits per heavy atom. The molecule has 0 amide bonds. The molecule has 1 aliphatic heterocycles. The van der Waals surface area contributed by atoms with Crippen LogP contribution in [0.2, 0.25) is 0 Å². The van der Waals surface area contributed by atoms with E-state index >= 15 is 0 Å². The summed E-state index contributed by atoms with van der Waals surface area (Å²) in [5.41, 5.74) is 2.09. The van der Waals surface area contributed by atoms with Crippen LogP contribution in [-0.2, 0) is 6.42 Å². The SMILES string of the molecule is CCc1cc(N2CCC(Oc3ncc(C)cn3)C2)ncn1. The van der Waals surface area contributed by atoms with Gasteiger partial charge in [0.05, 0.1) is 6.54 Å². The molecule has 2 aromatic heterocycles. The Balaban J connectivity index is 1.63. The van der Waals surface area contributed by atoms with Gasteiger partial charge < -0.3 is 9.64 Å². The van der Waals surface area contributed by atoms with Crippen molar-refractivity contribution in [1.29, 1.82) is 0 Å². The molecule has 3 rings (SSSR count). The lowest BCUT2D eigenvalue weighted by atomic mass is 10.3. The zero-order valence-corrected chi connectivity index (χ0v) is 12.4. The summed E-state index contributed by atoms with van der Waals surface area (Å²) < 4.78 is 5.83. The van der Waals surface area contributed by atoms with Gasteiger partial charge in [-0.15, -0.1) is 0 Å².